The van der Waals surface area contributed by atoms with E-state index in [9.17, 15) is 4.39 Å². The van der Waals surface area contributed by atoms with Crippen LogP contribution in [0.25, 0.3) is 0 Å². The number of β-amino-alcohol motifs (C(OH)–C–C–N with tert-alkyl or cyclic N) is 1. The molecule has 0 aromatic rings. The maximum Gasteiger partial charge on any atom is 0.115 e. The topological polar surface area (TPSA) is 23.5 Å². The van der Waals surface area contributed by atoms with Crippen LogP contribution >= 0.6 is 0 Å². The lowest BCUT2D eigenvalue weighted by Gasteiger charge is -2.28. The molecule has 0 saturated carbocycles. The van der Waals surface area contributed by atoms with Crippen LogP contribution in [0.1, 0.15) is 6.42 Å². The van der Waals surface area contributed by atoms with Crippen molar-refractivity contribution < 1.29 is 9.50 Å². The first-order valence-corrected chi connectivity index (χ1v) is 3.19. The van der Waals surface area contributed by atoms with E-state index in [0.717, 1.165) is 0 Å². The van der Waals surface area contributed by atoms with Gasteiger partial charge in [-0.3, -0.25) is 0 Å². The highest BCUT2D eigenvalue weighted by Crippen LogP contribution is 2.11. The Labute approximate surface area is 54.3 Å². The third-order valence-corrected chi connectivity index (χ3v) is 1.56. The molecule has 1 heterocycles. The Morgan fingerprint density at radius 2 is 2.22 bits per heavy atom. The number of halogens is 1. The molecule has 0 unspecified atom stereocenters. The molecule has 0 radical (unpaired) electrons. The smallest absolute Gasteiger partial charge is 0.115 e. The summed E-state index contributed by atoms with van der Waals surface area (Å²) in [6.07, 6.45) is -0.984. The van der Waals surface area contributed by atoms with Gasteiger partial charge in [0.25, 0.3) is 0 Å². The number of likely N-dealkylation sites (N-methyl/N-ethyl adjacent to an activating group) is 1. The number of nitrogens with zero attached hydrogens (tertiary/aromatic N) is 1. The first kappa shape index (κ1) is 6.96. The second-order valence-corrected chi connectivity index (χ2v) is 2.71. The quantitative estimate of drug-likeness (QED) is 0.503. The Bertz CT molecular complexity index is 74.0. The van der Waals surface area contributed by atoms with Crippen LogP contribution in [0.2, 0.25) is 0 Å². The fraction of sp³-hybridized carbons (Fsp3) is 1.00. The molecule has 1 saturated heterocycles. The van der Waals surface area contributed by atoms with E-state index in [2.05, 4.69) is 0 Å². The van der Waals surface area contributed by atoms with Crippen molar-refractivity contribution in [3.05, 3.63) is 0 Å². The molecule has 1 fully saturated rings. The average molecular weight is 133 g/mol. The molecule has 0 aromatic heterocycles. The van der Waals surface area contributed by atoms with Crippen LogP contribution in [0.4, 0.5) is 4.39 Å². The number of alkyl halides is 1. The van der Waals surface area contributed by atoms with Crippen molar-refractivity contribution in [1.82, 2.24) is 4.90 Å². The van der Waals surface area contributed by atoms with E-state index in [1.807, 2.05) is 7.05 Å². The Kier molecular flexibility index (Phi) is 2.03. The monoisotopic (exact) mass is 133 g/mol. The van der Waals surface area contributed by atoms with E-state index in [1.165, 1.54) is 0 Å². The maximum atomic E-state index is 12.5. The first-order chi connectivity index (χ1) is 4.18. The molecule has 1 N–H and O–H groups in total. The summed E-state index contributed by atoms with van der Waals surface area (Å²) in [6.45, 7) is 1.08. The van der Waals surface area contributed by atoms with Gasteiger partial charge in [0, 0.05) is 19.5 Å². The van der Waals surface area contributed by atoms with Gasteiger partial charge in [0.1, 0.15) is 6.17 Å². The van der Waals surface area contributed by atoms with E-state index in [1.54, 1.807) is 4.90 Å². The zero-order valence-corrected chi connectivity index (χ0v) is 5.55. The van der Waals surface area contributed by atoms with Gasteiger partial charge in [-0.15, -0.1) is 0 Å². The molecule has 9 heavy (non-hydrogen) atoms. The van der Waals surface area contributed by atoms with Crippen molar-refractivity contribution in [2.24, 2.45) is 0 Å². The fourth-order valence-corrected chi connectivity index (χ4v) is 1.22. The second-order valence-electron chi connectivity index (χ2n) is 2.71. The molecule has 1 aliphatic heterocycles. The summed E-state index contributed by atoms with van der Waals surface area (Å²) in [5.74, 6) is 0. The molecule has 54 valence electrons. The third-order valence-electron chi connectivity index (χ3n) is 1.56. The number of aliphatic hydroxyl groups excluding tert-OH is 1. The number of likely N-dealkylation sites (tertiary alicyclic amines) is 1. The van der Waals surface area contributed by atoms with Gasteiger partial charge in [0.15, 0.2) is 0 Å². The normalized spacial score (nSPS) is 39.0. The molecule has 0 amide bonds. The molecule has 3 heteroatoms. The van der Waals surface area contributed by atoms with Gasteiger partial charge in [-0.25, -0.2) is 4.39 Å². The second kappa shape index (κ2) is 2.62. The summed E-state index contributed by atoms with van der Waals surface area (Å²) in [4.78, 5) is 1.80. The molecule has 0 aliphatic carbocycles. The number of hydrogen-bond donors (Lipinski definition) is 1. The number of piperidine rings is 1. The van der Waals surface area contributed by atoms with E-state index in [-0.39, 0.29) is 0 Å². The minimum Gasteiger partial charge on any atom is -0.392 e. The maximum absolute atomic E-state index is 12.5. The Morgan fingerprint density at radius 1 is 1.56 bits per heavy atom. The largest absolute Gasteiger partial charge is 0.392 e. The van der Waals surface area contributed by atoms with E-state index < -0.39 is 12.3 Å². The minimum atomic E-state index is -0.834. The Balaban J connectivity index is 2.34. The van der Waals surface area contributed by atoms with Crippen LogP contribution in [-0.2, 0) is 0 Å². The zero-order valence-electron chi connectivity index (χ0n) is 5.55. The summed E-state index contributed by atoms with van der Waals surface area (Å²) in [6, 6.07) is 0. The summed E-state index contributed by atoms with van der Waals surface area (Å²) >= 11 is 0. The van der Waals surface area contributed by atoms with Gasteiger partial charge in [-0.1, -0.05) is 0 Å². The molecule has 0 aromatic carbocycles. The standard InChI is InChI=1S/C6H12FNO/c1-8-3-5(7)2-6(9)4-8/h5-6,9H,2-4H2,1H3/t5-,6-/m1/s1. The average Bonchev–Trinajstić information content (AvgIpc) is 1.59. The van der Waals surface area contributed by atoms with Gasteiger partial charge >= 0.3 is 0 Å². The van der Waals surface area contributed by atoms with E-state index in [0.29, 0.717) is 19.5 Å². The molecule has 0 bridgehead atoms. The molecule has 1 rings (SSSR count). The Hall–Kier alpha value is -0.150. The number of aliphatic hydroxyl groups is 1. The van der Waals surface area contributed by atoms with Crippen molar-refractivity contribution in [1.29, 1.82) is 0 Å². The number of rotatable bonds is 0. The van der Waals surface area contributed by atoms with Crippen LogP contribution in [0.3, 0.4) is 0 Å². The highest BCUT2D eigenvalue weighted by molar-refractivity contribution is 4.75. The minimum absolute atomic E-state index is 0.310. The van der Waals surface area contributed by atoms with Crippen LogP contribution in [-0.4, -0.2) is 42.4 Å². The van der Waals surface area contributed by atoms with Gasteiger partial charge in [-0.05, 0) is 7.05 Å². The lowest BCUT2D eigenvalue weighted by Crippen LogP contribution is -2.41. The van der Waals surface area contributed by atoms with Crippen LogP contribution in [0, 0.1) is 0 Å². The van der Waals surface area contributed by atoms with Crippen molar-refractivity contribution in [3.8, 4) is 0 Å². The van der Waals surface area contributed by atoms with Gasteiger partial charge in [-0.2, -0.15) is 0 Å². The molecule has 0 spiro atoms. The number of hydrogen-bond acceptors (Lipinski definition) is 2. The molecule has 2 atom stereocenters. The van der Waals surface area contributed by atoms with Crippen LogP contribution in [0.5, 0.6) is 0 Å². The summed E-state index contributed by atoms with van der Waals surface area (Å²) in [5.41, 5.74) is 0. The molecular formula is C6H12FNO. The van der Waals surface area contributed by atoms with Crippen molar-refractivity contribution >= 4 is 0 Å². The van der Waals surface area contributed by atoms with Crippen molar-refractivity contribution in [2.45, 2.75) is 18.7 Å². The molecule has 1 aliphatic rings. The van der Waals surface area contributed by atoms with Crippen LogP contribution < -0.4 is 0 Å². The molecular weight excluding hydrogens is 121 g/mol. The highest BCUT2D eigenvalue weighted by atomic mass is 19.1. The predicted octanol–water partition coefficient (Wildman–Crippen LogP) is 0.0209. The van der Waals surface area contributed by atoms with Gasteiger partial charge in [0.05, 0.1) is 6.10 Å². The fourth-order valence-electron chi connectivity index (χ4n) is 1.22. The van der Waals surface area contributed by atoms with Crippen LogP contribution in [0.15, 0.2) is 0 Å². The highest BCUT2D eigenvalue weighted by Gasteiger charge is 2.22. The predicted molar refractivity (Wildman–Crippen MR) is 33.0 cm³/mol. The summed E-state index contributed by atoms with van der Waals surface area (Å²) in [7, 11) is 1.81. The summed E-state index contributed by atoms with van der Waals surface area (Å²) in [5, 5.41) is 8.97. The van der Waals surface area contributed by atoms with E-state index >= 15 is 0 Å². The first-order valence-electron chi connectivity index (χ1n) is 3.19. The SMILES string of the molecule is CN1C[C@H](O)C[C@@H](F)C1. The lowest BCUT2D eigenvalue weighted by atomic mass is 10.1. The van der Waals surface area contributed by atoms with Crippen molar-refractivity contribution in [3.63, 3.8) is 0 Å². The van der Waals surface area contributed by atoms with Crippen molar-refractivity contribution in [2.75, 3.05) is 20.1 Å². The summed E-state index contributed by atoms with van der Waals surface area (Å²) < 4.78 is 12.5. The van der Waals surface area contributed by atoms with Gasteiger partial charge < -0.3 is 10.0 Å². The Morgan fingerprint density at radius 3 is 2.67 bits per heavy atom. The van der Waals surface area contributed by atoms with Gasteiger partial charge in [0.2, 0.25) is 0 Å². The zero-order chi connectivity index (χ0) is 6.85. The molecule has 2 nitrogen and oxygen atoms in total. The third kappa shape index (κ3) is 1.91. The lowest BCUT2D eigenvalue weighted by molar-refractivity contribution is 0.0385. The van der Waals surface area contributed by atoms with E-state index in [4.69, 9.17) is 5.11 Å².